The van der Waals surface area contributed by atoms with Crippen molar-refractivity contribution in [3.63, 3.8) is 0 Å². The van der Waals surface area contributed by atoms with Crippen LogP contribution < -0.4 is 10.1 Å². The Labute approximate surface area is 112 Å². The number of carbonyl (C=O) groups excluding carboxylic acids is 1. The summed E-state index contributed by atoms with van der Waals surface area (Å²) in [5.41, 5.74) is 1.02. The predicted octanol–water partition coefficient (Wildman–Crippen LogP) is 0.967. The van der Waals surface area contributed by atoms with Crippen LogP contribution in [-0.4, -0.2) is 36.5 Å². The van der Waals surface area contributed by atoms with Crippen LogP contribution in [0.5, 0.6) is 11.8 Å². The number of benzene rings is 1. The third kappa shape index (κ3) is 2.61. The molecule has 3 aromatic rings. The molecule has 0 fully saturated rings. The van der Waals surface area contributed by atoms with Gasteiger partial charge < -0.3 is 15.0 Å². The second-order valence-electron chi connectivity index (χ2n) is 3.74. The summed E-state index contributed by atoms with van der Waals surface area (Å²) in [5.74, 6) is 0.264. The first-order chi connectivity index (χ1) is 9.81. The lowest BCUT2D eigenvalue weighted by Gasteiger charge is -2.05. The number of rotatable bonds is 4. The summed E-state index contributed by atoms with van der Waals surface area (Å²) in [4.78, 5) is 18.3. The first-order valence-corrected chi connectivity index (χ1v) is 5.62. The highest BCUT2D eigenvalue weighted by Crippen LogP contribution is 2.19. The van der Waals surface area contributed by atoms with E-state index in [9.17, 15) is 4.79 Å². The number of hydrogen-bond donors (Lipinski definition) is 3. The quantitative estimate of drug-likeness (QED) is 0.650. The molecule has 0 unspecified atom stereocenters. The van der Waals surface area contributed by atoms with Gasteiger partial charge in [0.05, 0.1) is 12.5 Å². The maximum Gasteiger partial charge on any atom is 0.361 e. The maximum atomic E-state index is 11.8. The van der Waals surface area contributed by atoms with Gasteiger partial charge in [0.2, 0.25) is 0 Å². The number of carbonyl (C=O) groups is 1. The summed E-state index contributed by atoms with van der Waals surface area (Å²) in [6.45, 7) is 0. The van der Waals surface area contributed by atoms with Crippen molar-refractivity contribution in [2.24, 2.45) is 0 Å². The van der Waals surface area contributed by atoms with Crippen molar-refractivity contribution in [2.45, 2.75) is 0 Å². The number of aromatic nitrogens is 6. The van der Waals surface area contributed by atoms with E-state index in [0.29, 0.717) is 17.1 Å². The van der Waals surface area contributed by atoms with Gasteiger partial charge in [-0.2, -0.15) is 5.21 Å². The van der Waals surface area contributed by atoms with E-state index in [1.165, 1.54) is 12.5 Å². The Hall–Kier alpha value is -3.23. The van der Waals surface area contributed by atoms with E-state index in [1.54, 1.807) is 24.3 Å². The molecule has 0 saturated carbocycles. The number of anilines is 1. The highest BCUT2D eigenvalue weighted by Gasteiger charge is 2.07. The summed E-state index contributed by atoms with van der Waals surface area (Å²) >= 11 is 0. The standard InChI is InChI=1S/C11H9N7O2/c19-10(9-5-12-6-13-9)14-7-1-3-8(4-2-7)20-11-15-17-18-16-11/h1-6H,(H,12,13)(H,14,19)(H,15,16,17,18). The molecule has 0 atom stereocenters. The van der Waals surface area contributed by atoms with Gasteiger partial charge in [-0.3, -0.25) is 4.79 Å². The van der Waals surface area contributed by atoms with E-state index in [4.69, 9.17) is 4.74 Å². The molecule has 0 aliphatic carbocycles. The summed E-state index contributed by atoms with van der Waals surface area (Å²) in [6, 6.07) is 6.88. The van der Waals surface area contributed by atoms with Crippen LogP contribution in [0.2, 0.25) is 0 Å². The molecule has 0 aliphatic rings. The van der Waals surface area contributed by atoms with Crippen LogP contribution in [0.4, 0.5) is 5.69 Å². The lowest BCUT2D eigenvalue weighted by atomic mass is 10.3. The Morgan fingerprint density at radius 3 is 2.75 bits per heavy atom. The van der Waals surface area contributed by atoms with E-state index >= 15 is 0 Å². The lowest BCUT2D eigenvalue weighted by Crippen LogP contribution is -2.11. The number of tetrazole rings is 1. The molecule has 1 aromatic carbocycles. The first-order valence-electron chi connectivity index (χ1n) is 5.62. The molecule has 0 radical (unpaired) electrons. The summed E-state index contributed by atoms with van der Waals surface area (Å²) < 4.78 is 5.31. The van der Waals surface area contributed by atoms with Gasteiger partial charge in [0.25, 0.3) is 5.91 Å². The summed E-state index contributed by atoms with van der Waals surface area (Å²) in [7, 11) is 0. The molecule has 2 aromatic heterocycles. The number of ether oxygens (including phenoxy) is 1. The Morgan fingerprint density at radius 2 is 2.10 bits per heavy atom. The number of imidazole rings is 1. The fraction of sp³-hybridized carbons (Fsp3) is 0. The number of nitrogens with zero attached hydrogens (tertiary/aromatic N) is 4. The van der Waals surface area contributed by atoms with Crippen LogP contribution in [0.25, 0.3) is 0 Å². The Morgan fingerprint density at radius 1 is 1.25 bits per heavy atom. The zero-order valence-electron chi connectivity index (χ0n) is 10.1. The van der Waals surface area contributed by atoms with Gasteiger partial charge in [0.15, 0.2) is 0 Å². The van der Waals surface area contributed by atoms with Crippen molar-refractivity contribution in [2.75, 3.05) is 5.32 Å². The minimum absolute atomic E-state index is 0.124. The molecule has 1 amide bonds. The van der Waals surface area contributed by atoms with Gasteiger partial charge in [-0.25, -0.2) is 4.98 Å². The second-order valence-corrected chi connectivity index (χ2v) is 3.74. The highest BCUT2D eigenvalue weighted by molar-refractivity contribution is 6.02. The Balaban J connectivity index is 1.65. The number of aromatic amines is 2. The minimum atomic E-state index is -0.269. The number of nitrogens with one attached hydrogen (secondary N) is 3. The summed E-state index contributed by atoms with van der Waals surface area (Å²) in [6.07, 6.45) is 2.89. The van der Waals surface area contributed by atoms with Crippen LogP contribution in [0, 0.1) is 0 Å². The maximum absolute atomic E-state index is 11.8. The molecule has 0 aliphatic heterocycles. The van der Waals surface area contributed by atoms with Crippen molar-refractivity contribution in [3.8, 4) is 11.8 Å². The van der Waals surface area contributed by atoms with Crippen molar-refractivity contribution < 1.29 is 9.53 Å². The average Bonchev–Trinajstić information content (AvgIpc) is 3.13. The molecule has 3 rings (SSSR count). The first kappa shape index (κ1) is 11.8. The van der Waals surface area contributed by atoms with E-state index in [1.807, 2.05) is 0 Å². The summed E-state index contributed by atoms with van der Waals surface area (Å²) in [5, 5.41) is 15.7. The van der Waals surface area contributed by atoms with Gasteiger partial charge in [0.1, 0.15) is 11.4 Å². The topological polar surface area (TPSA) is 121 Å². The number of H-pyrrole nitrogens is 2. The van der Waals surface area contributed by atoms with E-state index in [2.05, 4.69) is 35.9 Å². The smallest absolute Gasteiger partial charge is 0.361 e. The zero-order valence-corrected chi connectivity index (χ0v) is 10.1. The average molecular weight is 271 g/mol. The van der Waals surface area contributed by atoms with E-state index in [-0.39, 0.29) is 11.9 Å². The third-order valence-electron chi connectivity index (χ3n) is 2.39. The number of amides is 1. The fourth-order valence-electron chi connectivity index (χ4n) is 1.49. The van der Waals surface area contributed by atoms with Crippen LogP contribution in [0.1, 0.15) is 10.5 Å². The van der Waals surface area contributed by atoms with E-state index < -0.39 is 0 Å². The van der Waals surface area contributed by atoms with Crippen LogP contribution in [-0.2, 0) is 0 Å². The lowest BCUT2D eigenvalue weighted by molar-refractivity contribution is 0.102. The van der Waals surface area contributed by atoms with Crippen molar-refractivity contribution in [3.05, 3.63) is 42.5 Å². The normalized spacial score (nSPS) is 10.2. The van der Waals surface area contributed by atoms with Crippen molar-refractivity contribution >= 4 is 11.6 Å². The molecule has 0 bridgehead atoms. The SMILES string of the molecule is O=C(Nc1ccc(Oc2nn[nH]n2)cc1)c1cnc[nH]1. The minimum Gasteiger partial charge on any atom is -0.422 e. The van der Waals surface area contributed by atoms with Crippen molar-refractivity contribution in [1.29, 1.82) is 0 Å². The zero-order chi connectivity index (χ0) is 13.8. The molecule has 2 heterocycles. The fourth-order valence-corrected chi connectivity index (χ4v) is 1.49. The van der Waals surface area contributed by atoms with Crippen LogP contribution in [0.15, 0.2) is 36.8 Å². The largest absolute Gasteiger partial charge is 0.422 e. The van der Waals surface area contributed by atoms with Crippen molar-refractivity contribution in [1.82, 2.24) is 30.6 Å². The second kappa shape index (κ2) is 5.18. The molecule has 3 N–H and O–H groups in total. The Kier molecular flexibility index (Phi) is 3.07. The molecule has 100 valence electrons. The predicted molar refractivity (Wildman–Crippen MR) is 67.2 cm³/mol. The third-order valence-corrected chi connectivity index (χ3v) is 2.39. The number of hydrogen-bond acceptors (Lipinski definition) is 6. The Bertz CT molecular complexity index is 676. The van der Waals surface area contributed by atoms with Crippen LogP contribution >= 0.6 is 0 Å². The molecule has 9 nitrogen and oxygen atoms in total. The van der Waals surface area contributed by atoms with Gasteiger partial charge in [-0.1, -0.05) is 10.2 Å². The van der Waals surface area contributed by atoms with Gasteiger partial charge in [0, 0.05) is 5.69 Å². The van der Waals surface area contributed by atoms with Crippen LogP contribution in [0.3, 0.4) is 0 Å². The molecule has 9 heteroatoms. The molecule has 0 saturated heterocycles. The van der Waals surface area contributed by atoms with Gasteiger partial charge in [-0.05, 0) is 29.5 Å². The van der Waals surface area contributed by atoms with Gasteiger partial charge >= 0.3 is 6.01 Å². The van der Waals surface area contributed by atoms with E-state index in [0.717, 1.165) is 0 Å². The molecule has 20 heavy (non-hydrogen) atoms. The molecular formula is C11H9N7O2. The highest BCUT2D eigenvalue weighted by atomic mass is 16.5. The molecular weight excluding hydrogens is 262 g/mol. The molecule has 0 spiro atoms. The van der Waals surface area contributed by atoms with Gasteiger partial charge in [-0.15, -0.1) is 0 Å². The monoisotopic (exact) mass is 271 g/mol.